The Bertz CT molecular complexity index is 55.1. The summed E-state index contributed by atoms with van der Waals surface area (Å²) in [6.45, 7) is 0. The molecular weight excluding hydrogens is 143 g/mol. The molecule has 0 aromatic carbocycles. The van der Waals surface area contributed by atoms with Crippen molar-refractivity contribution in [1.82, 2.24) is 0 Å². The molecule has 0 aliphatic carbocycles. The molecule has 0 fully saturated rings. The zero-order valence-electron chi connectivity index (χ0n) is 9.30. The summed E-state index contributed by atoms with van der Waals surface area (Å²) in [6, 6.07) is 0. The summed E-state index contributed by atoms with van der Waals surface area (Å²) in [6.07, 6.45) is 0. The predicted molar refractivity (Wildman–Crippen MR) is 50.4 cm³/mol. The van der Waals surface area contributed by atoms with E-state index in [-0.39, 0.29) is 4.70 Å². The van der Waals surface area contributed by atoms with Crippen LogP contribution in [0.25, 0.3) is 0 Å². The van der Waals surface area contributed by atoms with Crippen LogP contribution in [0.5, 0.6) is 0 Å². The highest BCUT2D eigenvalue weighted by Crippen LogP contribution is 1.74. The molecule has 0 aliphatic rings. The highest BCUT2D eigenvalue weighted by molar-refractivity contribution is 3.87. The highest BCUT2D eigenvalue weighted by Gasteiger charge is 1.88. The second-order valence-electron chi connectivity index (χ2n) is 5.37. The van der Waals surface area contributed by atoms with Gasteiger partial charge in [-0.25, -0.2) is 0 Å². The SMILES string of the molecule is C[N+](C)(C)C.C[N+](C)(C)C.F. The first-order valence-corrected chi connectivity index (χ1v) is 3.58. The van der Waals surface area contributed by atoms with E-state index in [1.54, 1.807) is 0 Å². The molecule has 11 heavy (non-hydrogen) atoms. The Labute approximate surface area is 71.0 Å². The number of quaternary nitrogens is 2. The molecule has 3 heteroatoms. The molecule has 0 aromatic rings. The Balaban J connectivity index is -0.000000107. The first kappa shape index (κ1) is 17.1. The predicted octanol–water partition coefficient (Wildman–Crippen LogP) is 0.797. The number of hydrogen-bond acceptors (Lipinski definition) is 0. The Morgan fingerprint density at radius 3 is 0.455 bits per heavy atom. The zero-order chi connectivity index (χ0) is 9.00. The molecule has 72 valence electrons. The van der Waals surface area contributed by atoms with Crippen LogP contribution in [-0.4, -0.2) is 65.3 Å². The zero-order valence-corrected chi connectivity index (χ0v) is 9.30. The summed E-state index contributed by atoms with van der Waals surface area (Å²) in [4.78, 5) is 0. The molecule has 0 N–H and O–H groups in total. The monoisotopic (exact) mass is 168 g/mol. The van der Waals surface area contributed by atoms with E-state index in [1.807, 2.05) is 0 Å². The summed E-state index contributed by atoms with van der Waals surface area (Å²) in [7, 11) is 17.0. The van der Waals surface area contributed by atoms with E-state index in [9.17, 15) is 0 Å². The van der Waals surface area contributed by atoms with Gasteiger partial charge in [0.2, 0.25) is 0 Å². The lowest BCUT2D eigenvalue weighted by Crippen LogP contribution is -2.27. The van der Waals surface area contributed by atoms with Gasteiger partial charge < -0.3 is 8.97 Å². The van der Waals surface area contributed by atoms with Gasteiger partial charge in [0.25, 0.3) is 0 Å². The van der Waals surface area contributed by atoms with Crippen molar-refractivity contribution in [2.45, 2.75) is 0 Å². The number of halogens is 1. The van der Waals surface area contributed by atoms with Crippen LogP contribution < -0.4 is 0 Å². The van der Waals surface area contributed by atoms with Gasteiger partial charge in [-0.2, -0.15) is 0 Å². The quantitative estimate of drug-likeness (QED) is 0.469. The molecule has 2 nitrogen and oxygen atoms in total. The van der Waals surface area contributed by atoms with Gasteiger partial charge in [0.1, 0.15) is 0 Å². The van der Waals surface area contributed by atoms with Gasteiger partial charge in [-0.15, -0.1) is 0 Å². The molecule has 0 bridgehead atoms. The van der Waals surface area contributed by atoms with Crippen molar-refractivity contribution in [2.75, 3.05) is 56.4 Å². The maximum atomic E-state index is 2.12. The first-order chi connectivity index (χ1) is 4.00. The molecule has 0 heterocycles. The molecule has 0 spiro atoms. The largest absolute Gasteiger partial charge is 0.333 e. The van der Waals surface area contributed by atoms with Crippen LogP contribution in [-0.2, 0) is 0 Å². The van der Waals surface area contributed by atoms with Crippen LogP contribution in [0.1, 0.15) is 0 Å². The standard InChI is InChI=1S/2C4H12N.FH/c2*1-5(2,3)4;/h2*1-4H3;1H/q2*+1;. The van der Waals surface area contributed by atoms with Crippen LogP contribution in [0.3, 0.4) is 0 Å². The Kier molecular flexibility index (Phi) is 8.53. The van der Waals surface area contributed by atoms with Gasteiger partial charge in [-0.3, -0.25) is 4.70 Å². The fourth-order valence-corrected chi connectivity index (χ4v) is 0. The minimum Gasteiger partial charge on any atom is -0.333 e. The van der Waals surface area contributed by atoms with Crippen LogP contribution >= 0.6 is 0 Å². The minimum absolute atomic E-state index is 0. The van der Waals surface area contributed by atoms with E-state index < -0.39 is 0 Å². The summed E-state index contributed by atoms with van der Waals surface area (Å²) < 4.78 is 2.00. The van der Waals surface area contributed by atoms with Crippen LogP contribution in [0, 0.1) is 0 Å². The van der Waals surface area contributed by atoms with E-state index in [4.69, 9.17) is 0 Å². The van der Waals surface area contributed by atoms with Crippen molar-refractivity contribution in [2.24, 2.45) is 0 Å². The molecule has 0 saturated heterocycles. The average Bonchev–Trinajstić information content (AvgIpc) is 1.12. The average molecular weight is 168 g/mol. The highest BCUT2D eigenvalue weighted by atomic mass is 19.0. The molecule has 0 amide bonds. The summed E-state index contributed by atoms with van der Waals surface area (Å²) in [5.74, 6) is 0. The molecule has 0 radical (unpaired) electrons. The second kappa shape index (κ2) is 5.49. The first-order valence-electron chi connectivity index (χ1n) is 3.58. The third-order valence-electron chi connectivity index (χ3n) is 0. The number of rotatable bonds is 0. The van der Waals surface area contributed by atoms with Crippen LogP contribution in [0.2, 0.25) is 0 Å². The van der Waals surface area contributed by atoms with Crippen molar-refractivity contribution < 1.29 is 13.7 Å². The van der Waals surface area contributed by atoms with E-state index in [0.29, 0.717) is 0 Å². The van der Waals surface area contributed by atoms with E-state index in [2.05, 4.69) is 56.4 Å². The van der Waals surface area contributed by atoms with Crippen molar-refractivity contribution in [3.05, 3.63) is 0 Å². The third-order valence-corrected chi connectivity index (χ3v) is 0. The van der Waals surface area contributed by atoms with Gasteiger partial charge in [0.15, 0.2) is 0 Å². The third kappa shape index (κ3) is 27000. The molecular formula is C8H25FN2+2. The van der Waals surface area contributed by atoms with E-state index >= 15 is 0 Å². The lowest BCUT2D eigenvalue weighted by Gasteiger charge is -2.14. The molecule has 0 atom stereocenters. The lowest BCUT2D eigenvalue weighted by atomic mass is 10.8. The molecule has 0 saturated carbocycles. The van der Waals surface area contributed by atoms with Gasteiger partial charge >= 0.3 is 0 Å². The van der Waals surface area contributed by atoms with Gasteiger partial charge in [-0.1, -0.05) is 0 Å². The molecule has 0 unspecified atom stereocenters. The molecule has 0 rings (SSSR count). The van der Waals surface area contributed by atoms with Crippen molar-refractivity contribution >= 4 is 0 Å². The van der Waals surface area contributed by atoms with Gasteiger partial charge in [0.05, 0.1) is 56.4 Å². The van der Waals surface area contributed by atoms with Crippen molar-refractivity contribution in [3.8, 4) is 0 Å². The fraction of sp³-hybridized carbons (Fsp3) is 1.00. The topological polar surface area (TPSA) is 0 Å². The minimum atomic E-state index is 0. The van der Waals surface area contributed by atoms with Crippen molar-refractivity contribution in [1.29, 1.82) is 0 Å². The smallest absolute Gasteiger partial charge is 0.0675 e. The van der Waals surface area contributed by atoms with Gasteiger partial charge in [-0.05, 0) is 0 Å². The molecule has 0 aromatic heterocycles. The molecule has 0 aliphatic heterocycles. The van der Waals surface area contributed by atoms with Gasteiger partial charge in [0, 0.05) is 0 Å². The summed E-state index contributed by atoms with van der Waals surface area (Å²) >= 11 is 0. The van der Waals surface area contributed by atoms with E-state index in [0.717, 1.165) is 8.97 Å². The fourth-order valence-electron chi connectivity index (χ4n) is 0. The lowest BCUT2D eigenvalue weighted by molar-refractivity contribution is -0.849. The van der Waals surface area contributed by atoms with Crippen LogP contribution in [0.4, 0.5) is 4.70 Å². The summed E-state index contributed by atoms with van der Waals surface area (Å²) in [5, 5.41) is 0. The Morgan fingerprint density at radius 2 is 0.455 bits per heavy atom. The Morgan fingerprint density at radius 1 is 0.455 bits per heavy atom. The van der Waals surface area contributed by atoms with Crippen LogP contribution in [0.15, 0.2) is 0 Å². The number of nitrogens with zero attached hydrogens (tertiary/aromatic N) is 2. The maximum absolute atomic E-state index is 2.12. The van der Waals surface area contributed by atoms with E-state index in [1.165, 1.54) is 0 Å². The Hall–Kier alpha value is -0.150. The van der Waals surface area contributed by atoms with Crippen molar-refractivity contribution in [3.63, 3.8) is 0 Å². The summed E-state index contributed by atoms with van der Waals surface area (Å²) in [5.41, 5.74) is 0. The normalized spacial score (nSPS) is 10.9. The number of hydrogen-bond donors (Lipinski definition) is 0. The maximum Gasteiger partial charge on any atom is 0.0675 e. The second-order valence-corrected chi connectivity index (χ2v) is 5.37.